The minimum Gasteiger partial charge on any atom is -0.411 e. The van der Waals surface area contributed by atoms with Crippen LogP contribution >= 0.6 is 0 Å². The maximum atomic E-state index is 13.3. The third-order valence-electron chi connectivity index (χ3n) is 13.9. The number of nitrogens with two attached hydrogens (primary N) is 2. The lowest BCUT2D eigenvalue weighted by Gasteiger charge is -2.32. The van der Waals surface area contributed by atoms with Crippen LogP contribution in [0.1, 0.15) is 158 Å². The molecule has 0 radical (unpaired) electrons. The molecular weight excluding hydrogens is 1090 g/mol. The van der Waals surface area contributed by atoms with E-state index in [0.29, 0.717) is 102 Å². The van der Waals surface area contributed by atoms with Crippen LogP contribution in [0.15, 0.2) is 10.3 Å². The fraction of sp³-hybridized carbons (Fsp3) is 0.804. The van der Waals surface area contributed by atoms with E-state index in [1.165, 1.54) is 0 Å². The topological polar surface area (TPSA) is 416 Å². The normalized spacial score (nSPS) is 13.4. The van der Waals surface area contributed by atoms with E-state index in [2.05, 4.69) is 58.2 Å². The number of unbranched alkanes of at least 4 members (excludes halogenated alkanes) is 4. The van der Waals surface area contributed by atoms with Crippen molar-refractivity contribution in [3.05, 3.63) is 0 Å². The number of rotatable bonds is 53. The molecule has 28 nitrogen and oxygen atoms in total. The lowest BCUT2D eigenvalue weighted by molar-refractivity contribution is -0.129. The predicted octanol–water partition coefficient (Wildman–Crippen LogP) is 0.524. The van der Waals surface area contributed by atoms with Gasteiger partial charge in [0.1, 0.15) is 19.3 Å². The van der Waals surface area contributed by atoms with E-state index in [1.54, 1.807) is 27.7 Å². The Kier molecular flexibility index (Phi) is 43.8. The van der Waals surface area contributed by atoms with Crippen molar-refractivity contribution in [2.24, 2.45) is 33.6 Å². The van der Waals surface area contributed by atoms with E-state index in [9.17, 15) is 53.6 Å². The summed E-state index contributed by atoms with van der Waals surface area (Å²) >= 11 is 0. The molecule has 0 rings (SSSR count). The van der Waals surface area contributed by atoms with Crippen LogP contribution in [0.3, 0.4) is 0 Å². The first kappa shape index (κ1) is 77.9. The second-order valence-electron chi connectivity index (χ2n) is 21.9. The van der Waals surface area contributed by atoms with E-state index < -0.39 is 29.1 Å². The number of carbonyl (C=O) groups excluding carboxylic acids is 9. The van der Waals surface area contributed by atoms with Gasteiger partial charge in [-0.1, -0.05) is 49.8 Å². The van der Waals surface area contributed by atoms with Crippen molar-refractivity contribution in [2.75, 3.05) is 98.7 Å². The summed E-state index contributed by atoms with van der Waals surface area (Å²) in [5.74, 6) is -3.21. The van der Waals surface area contributed by atoms with E-state index in [4.69, 9.17) is 30.4 Å². The molecule has 0 aliphatic heterocycles. The van der Waals surface area contributed by atoms with Gasteiger partial charge < -0.3 is 88.7 Å². The van der Waals surface area contributed by atoms with Gasteiger partial charge >= 0.3 is 0 Å². The van der Waals surface area contributed by atoms with E-state index in [0.717, 1.165) is 12.8 Å². The van der Waals surface area contributed by atoms with Gasteiger partial charge in [0.15, 0.2) is 0 Å². The van der Waals surface area contributed by atoms with Gasteiger partial charge in [0.25, 0.3) is 0 Å². The van der Waals surface area contributed by atoms with Crippen LogP contribution in [-0.2, 0) is 62.1 Å². The van der Waals surface area contributed by atoms with Crippen molar-refractivity contribution >= 4 is 64.6 Å². The van der Waals surface area contributed by atoms with Gasteiger partial charge in [0.05, 0.1) is 68.2 Å². The Hall–Kier alpha value is -6.07. The number of nitrogens with one attached hydrogen (secondary N) is 9. The molecule has 0 aromatic heterocycles. The highest BCUT2D eigenvalue weighted by atomic mass is 16.5. The van der Waals surface area contributed by atoms with E-state index in [-0.39, 0.29) is 157 Å². The van der Waals surface area contributed by atoms with Crippen LogP contribution < -0.4 is 59.3 Å². The molecule has 84 heavy (non-hydrogen) atoms. The van der Waals surface area contributed by atoms with Crippen molar-refractivity contribution in [2.45, 2.75) is 181 Å². The molecule has 0 bridgehead atoms. The summed E-state index contributed by atoms with van der Waals surface area (Å²) in [4.78, 5) is 111. The quantitative estimate of drug-likeness (QED) is 0.0171. The number of oxime groups is 2. The maximum absolute atomic E-state index is 13.3. The van der Waals surface area contributed by atoms with Crippen molar-refractivity contribution in [3.8, 4) is 0 Å². The molecule has 0 aromatic rings. The molecule has 3 atom stereocenters. The van der Waals surface area contributed by atoms with Crippen LogP contribution in [0.2, 0.25) is 0 Å². The number of carbonyl (C=O) groups is 9. The first-order chi connectivity index (χ1) is 39.8. The van der Waals surface area contributed by atoms with Crippen LogP contribution in [0.4, 0.5) is 0 Å². The zero-order valence-electron chi connectivity index (χ0n) is 51.5. The standard InChI is InChI=1S/C56H105N13O15/c1-40(52(57)76)18-11-14-26-60-50(74)38-83-34-33-82-31-29-62-51(75)39-84-35-32-81-30-28-61-47(71)22-16-21-46(70)59-25-13-9-10-20-45(54(78)63-27-15-12-19-41(2)53(58)77)67-49(73)24-17-23-48(72)66-44(36-64-55(5,6)42(3)68-79)37-65-56(7,8)43(4)69-80/h40-41,44-45,64-65,79-80H,9-39H2,1-8H3,(H2,57,76)(H2,58,77)(H,59,70)(H,60,74)(H,61,71)(H,62,75)(H,63,78)(H,66,72)(H,67,73)/b68-42+,69-43+/t40-,41-,45-/m0/s1. The molecule has 0 saturated carbocycles. The number of primary amides is 2. The second-order valence-corrected chi connectivity index (χ2v) is 21.9. The highest BCUT2D eigenvalue weighted by Gasteiger charge is 2.27. The van der Waals surface area contributed by atoms with Crippen LogP contribution in [-0.4, -0.2) is 197 Å². The maximum Gasteiger partial charge on any atom is 0.246 e. The van der Waals surface area contributed by atoms with E-state index >= 15 is 0 Å². The number of hydrogen-bond donors (Lipinski definition) is 13. The van der Waals surface area contributed by atoms with Gasteiger partial charge in [-0.15, -0.1) is 0 Å². The second kappa shape index (κ2) is 47.2. The fourth-order valence-corrected chi connectivity index (χ4v) is 7.54. The molecule has 0 aliphatic carbocycles. The zero-order chi connectivity index (χ0) is 63.2. The lowest BCUT2D eigenvalue weighted by Crippen LogP contribution is -2.57. The molecule has 15 N–H and O–H groups in total. The summed E-state index contributed by atoms with van der Waals surface area (Å²) in [6.45, 7) is 17.6. The molecule has 0 aromatic carbocycles. The predicted molar refractivity (Wildman–Crippen MR) is 317 cm³/mol. The molecule has 0 unspecified atom stereocenters. The van der Waals surface area contributed by atoms with Gasteiger partial charge in [0.2, 0.25) is 53.2 Å². The summed E-state index contributed by atoms with van der Waals surface area (Å²) in [7, 11) is 0. The Bertz CT molecular complexity index is 1980. The number of ether oxygens (including phenoxy) is 4. The van der Waals surface area contributed by atoms with Crippen LogP contribution in [0.5, 0.6) is 0 Å². The molecule has 484 valence electrons. The third kappa shape index (κ3) is 41.8. The van der Waals surface area contributed by atoms with E-state index in [1.807, 2.05) is 27.7 Å². The SMILES string of the molecule is C/C(=N\O)C(C)(C)NCC(CNC(C)(C)/C(C)=N/O)NC(=O)CCCC(=O)N[C@@H](CCCCCNC(=O)CCCC(=O)NCCOCCOCC(=O)NCCOCCOCC(=O)NCCCC[C@H](C)C(N)=O)C(=O)NCCCC[C@H](C)C(N)=O. The molecule has 9 amide bonds. The molecule has 0 aliphatic rings. The first-order valence-electron chi connectivity index (χ1n) is 29.6. The Morgan fingerprint density at radius 3 is 1.26 bits per heavy atom. The van der Waals surface area contributed by atoms with Gasteiger partial charge in [0, 0.05) is 83.3 Å². The highest BCUT2D eigenvalue weighted by molar-refractivity contribution is 5.91. The molecule has 0 fully saturated rings. The molecule has 0 saturated heterocycles. The Morgan fingerprint density at radius 2 is 0.810 bits per heavy atom. The lowest BCUT2D eigenvalue weighted by atomic mass is 9.98. The molecule has 0 heterocycles. The minimum absolute atomic E-state index is 0.0126. The van der Waals surface area contributed by atoms with Crippen molar-refractivity contribution in [1.82, 2.24) is 47.9 Å². The number of nitrogens with zero attached hydrogens (tertiary/aromatic N) is 2. The largest absolute Gasteiger partial charge is 0.411 e. The summed E-state index contributed by atoms with van der Waals surface area (Å²) in [6, 6.07) is -1.28. The Labute approximate surface area is 497 Å². The fourth-order valence-electron chi connectivity index (χ4n) is 7.54. The zero-order valence-corrected chi connectivity index (χ0v) is 51.5. The van der Waals surface area contributed by atoms with Gasteiger partial charge in [-0.2, -0.15) is 0 Å². The highest BCUT2D eigenvalue weighted by Crippen LogP contribution is 2.11. The Morgan fingerprint density at radius 1 is 0.440 bits per heavy atom. The summed E-state index contributed by atoms with van der Waals surface area (Å²) < 4.78 is 21.4. The van der Waals surface area contributed by atoms with Crippen LogP contribution in [0, 0.1) is 11.8 Å². The van der Waals surface area contributed by atoms with Gasteiger partial charge in [-0.05, 0) is 92.9 Å². The summed E-state index contributed by atoms with van der Waals surface area (Å²) in [6.07, 6.45) is 7.14. The first-order valence-corrected chi connectivity index (χ1v) is 29.6. The van der Waals surface area contributed by atoms with Gasteiger partial charge in [-0.25, -0.2) is 0 Å². The minimum atomic E-state index is -0.838. The Balaban J connectivity index is 4.53. The number of hydrogen-bond acceptors (Lipinski definition) is 19. The average Bonchev–Trinajstić information content (AvgIpc) is 3.54. The monoisotopic (exact) mass is 1200 g/mol. The van der Waals surface area contributed by atoms with Crippen molar-refractivity contribution in [3.63, 3.8) is 0 Å². The molecular formula is C56H105N13O15. The smallest absolute Gasteiger partial charge is 0.246 e. The molecule has 28 heteroatoms. The van der Waals surface area contributed by atoms with Crippen molar-refractivity contribution in [1.29, 1.82) is 0 Å². The van der Waals surface area contributed by atoms with Crippen molar-refractivity contribution < 1.29 is 72.5 Å². The summed E-state index contributed by atoms with van der Waals surface area (Å²) in [5.41, 5.74) is 10.1. The third-order valence-corrected chi connectivity index (χ3v) is 13.9. The molecule has 0 spiro atoms. The average molecular weight is 1200 g/mol. The number of amides is 9. The van der Waals surface area contributed by atoms with Crippen LogP contribution in [0.25, 0.3) is 0 Å². The summed E-state index contributed by atoms with van der Waals surface area (Å²) in [5, 5.41) is 51.6. The van der Waals surface area contributed by atoms with Gasteiger partial charge in [-0.3, -0.25) is 43.2 Å².